The van der Waals surface area contributed by atoms with Gasteiger partial charge in [-0.15, -0.1) is 0 Å². The van der Waals surface area contributed by atoms with Crippen molar-refractivity contribution in [3.63, 3.8) is 0 Å². The molecule has 1 unspecified atom stereocenters. The number of aromatic nitrogens is 1. The van der Waals surface area contributed by atoms with Gasteiger partial charge in [-0.25, -0.2) is 9.78 Å². The summed E-state index contributed by atoms with van der Waals surface area (Å²) in [7, 11) is 1.78. The highest BCUT2D eigenvalue weighted by molar-refractivity contribution is 5.94. The van der Waals surface area contributed by atoms with E-state index in [0.717, 1.165) is 0 Å². The second-order valence-corrected chi connectivity index (χ2v) is 3.99. The van der Waals surface area contributed by atoms with E-state index in [1.165, 1.54) is 12.3 Å². The predicted octanol–water partition coefficient (Wildman–Crippen LogP) is 0.569. The number of nitrogens with zero attached hydrogens (tertiary/aromatic N) is 2. The van der Waals surface area contributed by atoms with E-state index in [4.69, 9.17) is 10.8 Å². The number of carboxylic acids is 1. The highest BCUT2D eigenvalue weighted by Gasteiger charge is 2.12. The number of aliphatic hydroxyl groups excluding tert-OH is 1. The second-order valence-electron chi connectivity index (χ2n) is 3.99. The molecular weight excluding hydrogens is 222 g/mol. The van der Waals surface area contributed by atoms with Crippen LogP contribution in [0.3, 0.4) is 0 Å². The molecule has 0 fully saturated rings. The van der Waals surface area contributed by atoms with E-state index >= 15 is 0 Å². The van der Waals surface area contributed by atoms with Crippen molar-refractivity contribution in [2.45, 2.75) is 19.4 Å². The molecule has 94 valence electrons. The number of pyridine rings is 1. The minimum atomic E-state index is -1.07. The molecule has 0 bridgehead atoms. The third-order valence-electron chi connectivity index (χ3n) is 2.42. The topological polar surface area (TPSA) is 99.7 Å². The van der Waals surface area contributed by atoms with Gasteiger partial charge in [-0.3, -0.25) is 0 Å². The summed E-state index contributed by atoms with van der Waals surface area (Å²) in [6.07, 6.45) is 1.52. The van der Waals surface area contributed by atoms with Crippen LogP contribution < -0.4 is 10.6 Å². The molecule has 1 rings (SSSR count). The third-order valence-corrected chi connectivity index (χ3v) is 2.42. The van der Waals surface area contributed by atoms with Crippen molar-refractivity contribution in [3.8, 4) is 0 Å². The SMILES string of the molecule is CC(O)CCN(C)c1cc(C(=O)O)c(N)cn1. The Kier molecular flexibility index (Phi) is 4.28. The van der Waals surface area contributed by atoms with Gasteiger partial charge in [-0.2, -0.15) is 0 Å². The number of carboxylic acid groups (broad SMARTS) is 1. The summed E-state index contributed by atoms with van der Waals surface area (Å²) in [4.78, 5) is 16.7. The molecule has 0 aromatic carbocycles. The number of aliphatic hydroxyl groups is 1. The quantitative estimate of drug-likeness (QED) is 0.694. The van der Waals surface area contributed by atoms with Gasteiger partial charge in [0.25, 0.3) is 0 Å². The van der Waals surface area contributed by atoms with Crippen molar-refractivity contribution in [1.29, 1.82) is 0 Å². The Bertz CT molecular complexity index is 407. The highest BCUT2D eigenvalue weighted by Crippen LogP contribution is 2.17. The van der Waals surface area contributed by atoms with Crippen LogP contribution in [-0.2, 0) is 0 Å². The number of hydrogen-bond acceptors (Lipinski definition) is 5. The molecular formula is C11H17N3O3. The lowest BCUT2D eigenvalue weighted by molar-refractivity contribution is 0.0698. The largest absolute Gasteiger partial charge is 0.478 e. The Morgan fingerprint density at radius 3 is 2.82 bits per heavy atom. The van der Waals surface area contributed by atoms with E-state index in [-0.39, 0.29) is 11.3 Å². The maximum atomic E-state index is 10.9. The van der Waals surface area contributed by atoms with E-state index < -0.39 is 12.1 Å². The van der Waals surface area contributed by atoms with Crippen LogP contribution in [-0.4, -0.2) is 40.9 Å². The fourth-order valence-corrected chi connectivity index (χ4v) is 1.34. The second kappa shape index (κ2) is 5.49. The Labute approximate surface area is 99.7 Å². The third kappa shape index (κ3) is 3.60. The van der Waals surface area contributed by atoms with Crippen molar-refractivity contribution in [2.75, 3.05) is 24.2 Å². The van der Waals surface area contributed by atoms with E-state index in [2.05, 4.69) is 4.98 Å². The molecule has 0 amide bonds. The number of rotatable bonds is 5. The van der Waals surface area contributed by atoms with Crippen molar-refractivity contribution in [2.24, 2.45) is 0 Å². The average molecular weight is 239 g/mol. The lowest BCUT2D eigenvalue weighted by Crippen LogP contribution is -2.23. The normalized spacial score (nSPS) is 12.2. The lowest BCUT2D eigenvalue weighted by atomic mass is 10.2. The number of nitrogens with two attached hydrogens (primary N) is 1. The number of nitrogen functional groups attached to an aromatic ring is 1. The van der Waals surface area contributed by atoms with Crippen LogP contribution in [0.1, 0.15) is 23.7 Å². The smallest absolute Gasteiger partial charge is 0.337 e. The van der Waals surface area contributed by atoms with Crippen LogP contribution >= 0.6 is 0 Å². The maximum absolute atomic E-state index is 10.9. The average Bonchev–Trinajstić information content (AvgIpc) is 2.26. The summed E-state index contributed by atoms with van der Waals surface area (Å²) in [6.45, 7) is 2.29. The van der Waals surface area contributed by atoms with Crippen LogP contribution in [0, 0.1) is 0 Å². The molecule has 0 saturated heterocycles. The Hall–Kier alpha value is -1.82. The zero-order chi connectivity index (χ0) is 13.0. The van der Waals surface area contributed by atoms with E-state index in [9.17, 15) is 9.90 Å². The first-order valence-corrected chi connectivity index (χ1v) is 5.30. The molecule has 4 N–H and O–H groups in total. The van der Waals surface area contributed by atoms with Crippen molar-refractivity contribution in [1.82, 2.24) is 4.98 Å². The molecule has 6 heteroatoms. The molecule has 1 heterocycles. The van der Waals surface area contributed by atoms with E-state index in [0.29, 0.717) is 18.8 Å². The van der Waals surface area contributed by atoms with Gasteiger partial charge in [0, 0.05) is 13.6 Å². The molecule has 0 aliphatic heterocycles. The van der Waals surface area contributed by atoms with Gasteiger partial charge in [-0.1, -0.05) is 0 Å². The van der Waals surface area contributed by atoms with Gasteiger partial charge < -0.3 is 20.8 Å². The van der Waals surface area contributed by atoms with Gasteiger partial charge in [0.2, 0.25) is 0 Å². The summed E-state index contributed by atoms with van der Waals surface area (Å²) in [5, 5.41) is 18.1. The molecule has 0 aliphatic carbocycles. The van der Waals surface area contributed by atoms with Crippen LogP contribution in [0.15, 0.2) is 12.3 Å². The Morgan fingerprint density at radius 2 is 2.29 bits per heavy atom. The van der Waals surface area contributed by atoms with Gasteiger partial charge >= 0.3 is 5.97 Å². The lowest BCUT2D eigenvalue weighted by Gasteiger charge is -2.19. The monoisotopic (exact) mass is 239 g/mol. The molecule has 0 radical (unpaired) electrons. The minimum Gasteiger partial charge on any atom is -0.478 e. The van der Waals surface area contributed by atoms with Gasteiger partial charge in [-0.05, 0) is 19.4 Å². The van der Waals surface area contributed by atoms with E-state index in [1.807, 2.05) is 0 Å². The molecule has 1 aromatic rings. The van der Waals surface area contributed by atoms with Crippen molar-refractivity contribution >= 4 is 17.5 Å². The molecule has 1 aromatic heterocycles. The number of hydrogen-bond donors (Lipinski definition) is 3. The van der Waals surface area contributed by atoms with Gasteiger partial charge in [0.1, 0.15) is 5.82 Å². The maximum Gasteiger partial charge on any atom is 0.337 e. The van der Waals surface area contributed by atoms with Crippen LogP contribution in [0.25, 0.3) is 0 Å². The molecule has 6 nitrogen and oxygen atoms in total. The summed E-state index contributed by atoms with van der Waals surface area (Å²) in [5.74, 6) is -0.549. The highest BCUT2D eigenvalue weighted by atomic mass is 16.4. The van der Waals surface area contributed by atoms with Gasteiger partial charge in [0.05, 0.1) is 23.6 Å². The molecule has 0 saturated carbocycles. The van der Waals surface area contributed by atoms with E-state index in [1.54, 1.807) is 18.9 Å². The fourth-order valence-electron chi connectivity index (χ4n) is 1.34. The first kappa shape index (κ1) is 13.2. The molecule has 17 heavy (non-hydrogen) atoms. The summed E-state index contributed by atoms with van der Waals surface area (Å²) < 4.78 is 0. The number of anilines is 2. The van der Waals surface area contributed by atoms with Crippen molar-refractivity contribution < 1.29 is 15.0 Å². The summed E-state index contributed by atoms with van der Waals surface area (Å²) in [6, 6.07) is 1.43. The van der Waals surface area contributed by atoms with Crippen LogP contribution in [0.4, 0.5) is 11.5 Å². The van der Waals surface area contributed by atoms with Gasteiger partial charge in [0.15, 0.2) is 0 Å². The number of carbonyl (C=O) groups is 1. The van der Waals surface area contributed by atoms with Crippen LogP contribution in [0.2, 0.25) is 0 Å². The van der Waals surface area contributed by atoms with Crippen molar-refractivity contribution in [3.05, 3.63) is 17.8 Å². The predicted molar refractivity (Wildman–Crippen MR) is 65.2 cm³/mol. The zero-order valence-electron chi connectivity index (χ0n) is 9.92. The Balaban J connectivity index is 2.84. The summed E-state index contributed by atoms with van der Waals surface area (Å²) >= 11 is 0. The summed E-state index contributed by atoms with van der Waals surface area (Å²) in [5.41, 5.74) is 5.70. The fraction of sp³-hybridized carbons (Fsp3) is 0.455. The van der Waals surface area contributed by atoms with Crippen LogP contribution in [0.5, 0.6) is 0 Å². The Morgan fingerprint density at radius 1 is 1.65 bits per heavy atom. The first-order valence-electron chi connectivity index (χ1n) is 5.30. The number of aromatic carboxylic acids is 1. The zero-order valence-corrected chi connectivity index (χ0v) is 9.92. The minimum absolute atomic E-state index is 0.0406. The molecule has 1 atom stereocenters. The first-order chi connectivity index (χ1) is 7.91. The molecule has 0 spiro atoms. The standard InChI is InChI=1S/C11H17N3O3/c1-7(15)3-4-14(2)10-5-8(11(16)17)9(12)6-13-10/h5-7,15H,3-4,12H2,1-2H3,(H,16,17). The molecule has 0 aliphatic rings.